The molecule has 0 amide bonds. The molecular formula is C17H30N6O4. The molecule has 152 valence electrons. The van der Waals surface area contributed by atoms with Crippen LogP contribution in [0.5, 0.6) is 0 Å². The predicted octanol–water partition coefficient (Wildman–Crippen LogP) is 2.42. The molecule has 0 fully saturated rings. The normalized spacial score (nSPS) is 10.4. The summed E-state index contributed by atoms with van der Waals surface area (Å²) in [6.45, 7) is 3.95. The van der Waals surface area contributed by atoms with Crippen LogP contribution >= 0.6 is 0 Å². The van der Waals surface area contributed by atoms with E-state index in [1.807, 2.05) is 6.92 Å². The summed E-state index contributed by atoms with van der Waals surface area (Å²) in [6.07, 6.45) is 5.02. The number of rotatable bonds is 16. The van der Waals surface area contributed by atoms with E-state index in [-0.39, 0.29) is 12.8 Å². The van der Waals surface area contributed by atoms with Crippen molar-refractivity contribution < 1.29 is 19.8 Å². The predicted molar refractivity (Wildman–Crippen MR) is 103 cm³/mol. The molecular weight excluding hydrogens is 352 g/mol. The van der Waals surface area contributed by atoms with Gasteiger partial charge in [-0.25, -0.2) is 0 Å². The number of nitrogens with one attached hydrogen (secondary N) is 3. The number of carbonyl (C=O) groups is 2. The highest BCUT2D eigenvalue weighted by Gasteiger charge is 2.06. The van der Waals surface area contributed by atoms with E-state index in [1.54, 1.807) is 0 Å². The molecule has 5 N–H and O–H groups in total. The van der Waals surface area contributed by atoms with Crippen LogP contribution in [0.1, 0.15) is 58.3 Å². The van der Waals surface area contributed by atoms with Gasteiger partial charge in [-0.2, -0.15) is 15.0 Å². The molecule has 0 aliphatic rings. The van der Waals surface area contributed by atoms with E-state index in [0.717, 1.165) is 25.7 Å². The number of nitrogens with zero attached hydrogens (tertiary/aromatic N) is 3. The van der Waals surface area contributed by atoms with Crippen LogP contribution in [0.25, 0.3) is 0 Å². The fraction of sp³-hybridized carbons (Fsp3) is 0.706. The van der Waals surface area contributed by atoms with Gasteiger partial charge in [0, 0.05) is 32.5 Å². The van der Waals surface area contributed by atoms with Gasteiger partial charge in [0.2, 0.25) is 17.8 Å². The zero-order chi connectivity index (χ0) is 19.9. The van der Waals surface area contributed by atoms with Crippen LogP contribution in [0.4, 0.5) is 17.8 Å². The first kappa shape index (κ1) is 22.4. The minimum Gasteiger partial charge on any atom is -0.481 e. The largest absolute Gasteiger partial charge is 0.481 e. The first-order chi connectivity index (χ1) is 13.0. The van der Waals surface area contributed by atoms with Gasteiger partial charge in [-0.15, -0.1) is 0 Å². The molecule has 0 saturated heterocycles. The van der Waals surface area contributed by atoms with Crippen LogP contribution in [0.2, 0.25) is 0 Å². The van der Waals surface area contributed by atoms with Crippen LogP contribution in [-0.2, 0) is 9.59 Å². The Morgan fingerprint density at radius 2 is 1.11 bits per heavy atom. The van der Waals surface area contributed by atoms with Crippen molar-refractivity contribution in [2.75, 3.05) is 35.6 Å². The SMILES string of the molecule is CCNc1nc(NCCCCCC(=O)O)nc(NCCCCCC(=O)O)n1. The van der Waals surface area contributed by atoms with Crippen LogP contribution in [0.3, 0.4) is 0 Å². The van der Waals surface area contributed by atoms with Crippen molar-refractivity contribution in [3.63, 3.8) is 0 Å². The second kappa shape index (κ2) is 13.5. The minimum absolute atomic E-state index is 0.191. The standard InChI is InChI=1S/C17H30N6O4/c1-2-18-15-21-16(19-11-7-3-5-9-13(24)25)23-17(22-15)20-12-8-4-6-10-14(26)27/h2-12H2,1H3,(H,24,25)(H,26,27)(H3,18,19,20,21,22,23). The van der Waals surface area contributed by atoms with E-state index in [4.69, 9.17) is 10.2 Å². The van der Waals surface area contributed by atoms with Gasteiger partial charge >= 0.3 is 11.9 Å². The highest BCUT2D eigenvalue weighted by molar-refractivity contribution is 5.66. The molecule has 10 heteroatoms. The number of hydrogen-bond acceptors (Lipinski definition) is 8. The van der Waals surface area contributed by atoms with Crippen LogP contribution in [-0.4, -0.2) is 56.7 Å². The van der Waals surface area contributed by atoms with Crippen LogP contribution in [0.15, 0.2) is 0 Å². The second-order valence-electron chi connectivity index (χ2n) is 6.10. The maximum atomic E-state index is 10.5. The molecule has 10 nitrogen and oxygen atoms in total. The third kappa shape index (κ3) is 11.6. The lowest BCUT2D eigenvalue weighted by atomic mass is 10.2. The lowest BCUT2D eigenvalue weighted by molar-refractivity contribution is -0.138. The number of carboxylic acid groups (broad SMARTS) is 2. The summed E-state index contributed by atoms with van der Waals surface area (Å²) in [5, 5.41) is 26.6. The molecule has 27 heavy (non-hydrogen) atoms. The third-order valence-electron chi connectivity index (χ3n) is 3.67. The summed E-state index contributed by atoms with van der Waals surface area (Å²) in [4.78, 5) is 33.9. The van der Waals surface area contributed by atoms with Crippen molar-refractivity contribution in [1.29, 1.82) is 0 Å². The lowest BCUT2D eigenvalue weighted by Crippen LogP contribution is -2.13. The van der Waals surface area contributed by atoms with Crippen molar-refractivity contribution in [2.24, 2.45) is 0 Å². The molecule has 0 aliphatic heterocycles. The average Bonchev–Trinajstić information content (AvgIpc) is 2.60. The number of anilines is 3. The van der Waals surface area contributed by atoms with E-state index >= 15 is 0 Å². The van der Waals surface area contributed by atoms with Crippen molar-refractivity contribution in [2.45, 2.75) is 58.3 Å². The Balaban J connectivity index is 2.40. The van der Waals surface area contributed by atoms with Crippen LogP contribution < -0.4 is 16.0 Å². The molecule has 1 aromatic rings. The van der Waals surface area contributed by atoms with Crippen LogP contribution in [0, 0.1) is 0 Å². The van der Waals surface area contributed by atoms with Crippen molar-refractivity contribution in [1.82, 2.24) is 15.0 Å². The fourth-order valence-corrected chi connectivity index (χ4v) is 2.33. The first-order valence-electron chi connectivity index (χ1n) is 9.42. The molecule has 1 heterocycles. The topological polar surface area (TPSA) is 149 Å². The molecule has 0 spiro atoms. The Morgan fingerprint density at radius 3 is 1.48 bits per heavy atom. The zero-order valence-electron chi connectivity index (χ0n) is 15.8. The molecule has 0 saturated carbocycles. The van der Waals surface area contributed by atoms with Gasteiger partial charge in [-0.3, -0.25) is 9.59 Å². The lowest BCUT2D eigenvalue weighted by Gasteiger charge is -2.10. The summed E-state index contributed by atoms with van der Waals surface area (Å²) in [6, 6.07) is 0. The summed E-state index contributed by atoms with van der Waals surface area (Å²) < 4.78 is 0. The molecule has 1 aromatic heterocycles. The Labute approximate surface area is 159 Å². The van der Waals surface area contributed by atoms with E-state index in [1.165, 1.54) is 0 Å². The number of aliphatic carboxylic acids is 2. The van der Waals surface area contributed by atoms with Crippen molar-refractivity contribution >= 4 is 29.8 Å². The van der Waals surface area contributed by atoms with E-state index in [9.17, 15) is 9.59 Å². The molecule has 1 rings (SSSR count). The number of unbranched alkanes of at least 4 members (excludes halogenated alkanes) is 4. The van der Waals surface area contributed by atoms with Gasteiger partial charge < -0.3 is 26.2 Å². The van der Waals surface area contributed by atoms with Gasteiger partial charge in [0.05, 0.1) is 0 Å². The average molecular weight is 382 g/mol. The molecule has 0 atom stereocenters. The summed E-state index contributed by atoms with van der Waals surface area (Å²) in [5.74, 6) is -0.127. The van der Waals surface area contributed by atoms with E-state index in [0.29, 0.717) is 50.3 Å². The molecule has 0 unspecified atom stereocenters. The Hall–Kier alpha value is -2.65. The maximum absolute atomic E-state index is 10.5. The number of carboxylic acids is 2. The highest BCUT2D eigenvalue weighted by atomic mass is 16.4. The molecule has 0 aromatic carbocycles. The monoisotopic (exact) mass is 382 g/mol. The van der Waals surface area contributed by atoms with Gasteiger partial charge in [0.1, 0.15) is 0 Å². The highest BCUT2D eigenvalue weighted by Crippen LogP contribution is 2.10. The summed E-state index contributed by atoms with van der Waals surface area (Å²) in [7, 11) is 0. The summed E-state index contributed by atoms with van der Waals surface area (Å²) >= 11 is 0. The second-order valence-corrected chi connectivity index (χ2v) is 6.10. The molecule has 0 bridgehead atoms. The maximum Gasteiger partial charge on any atom is 0.303 e. The quantitative estimate of drug-likeness (QED) is 0.270. The van der Waals surface area contributed by atoms with Gasteiger partial charge in [0.15, 0.2) is 0 Å². The van der Waals surface area contributed by atoms with Gasteiger partial charge in [-0.1, -0.05) is 12.8 Å². The van der Waals surface area contributed by atoms with Crippen molar-refractivity contribution in [3.05, 3.63) is 0 Å². The molecule has 0 aliphatic carbocycles. The van der Waals surface area contributed by atoms with Gasteiger partial charge in [-0.05, 0) is 32.6 Å². The summed E-state index contributed by atoms with van der Waals surface area (Å²) in [5.41, 5.74) is 0. The smallest absolute Gasteiger partial charge is 0.303 e. The zero-order valence-corrected chi connectivity index (χ0v) is 15.8. The van der Waals surface area contributed by atoms with Crippen molar-refractivity contribution in [3.8, 4) is 0 Å². The third-order valence-corrected chi connectivity index (χ3v) is 3.67. The Kier molecular flexibility index (Phi) is 11.2. The minimum atomic E-state index is -0.769. The van der Waals surface area contributed by atoms with Gasteiger partial charge in [0.25, 0.3) is 0 Å². The number of aromatic nitrogens is 3. The first-order valence-corrected chi connectivity index (χ1v) is 9.42. The van der Waals surface area contributed by atoms with E-state index in [2.05, 4.69) is 30.9 Å². The Morgan fingerprint density at radius 1 is 0.704 bits per heavy atom. The number of hydrogen-bond donors (Lipinski definition) is 5. The molecule has 0 radical (unpaired) electrons. The Bertz CT molecular complexity index is 540. The van der Waals surface area contributed by atoms with E-state index < -0.39 is 11.9 Å². The fourth-order valence-electron chi connectivity index (χ4n) is 2.33.